The number of aliphatic hydroxyl groups is 1. The Balaban J connectivity index is 1.97. The molecule has 2 heterocycles. The van der Waals surface area contributed by atoms with E-state index in [0.29, 0.717) is 6.54 Å². The highest BCUT2D eigenvalue weighted by molar-refractivity contribution is 4.86. The van der Waals surface area contributed by atoms with Crippen LogP contribution in [-0.4, -0.2) is 73.6 Å². The van der Waals surface area contributed by atoms with Gasteiger partial charge >= 0.3 is 5.69 Å². The molecule has 1 saturated heterocycles. The van der Waals surface area contributed by atoms with Crippen LogP contribution in [-0.2, 0) is 6.54 Å². The summed E-state index contributed by atoms with van der Waals surface area (Å²) in [6, 6.07) is 0.546. The average Bonchev–Trinajstić information content (AvgIpc) is 2.93. The second kappa shape index (κ2) is 7.59. The molecule has 1 aliphatic rings. The third-order valence-electron chi connectivity index (χ3n) is 5.39. The lowest BCUT2D eigenvalue weighted by Crippen LogP contribution is -2.55. The van der Waals surface area contributed by atoms with Crippen LogP contribution in [0.2, 0.25) is 0 Å². The van der Waals surface area contributed by atoms with E-state index in [1.165, 1.54) is 4.68 Å². The molecule has 1 aliphatic heterocycles. The lowest BCUT2D eigenvalue weighted by Gasteiger charge is -2.42. The van der Waals surface area contributed by atoms with Gasteiger partial charge in [0.15, 0.2) is 0 Å². The minimum atomic E-state index is -0.309. The van der Waals surface area contributed by atoms with Crippen molar-refractivity contribution in [1.82, 2.24) is 24.1 Å². The number of hydrogen-bond donors (Lipinski definition) is 1. The zero-order chi connectivity index (χ0) is 17.1. The van der Waals surface area contributed by atoms with Gasteiger partial charge in [-0.3, -0.25) is 14.4 Å². The van der Waals surface area contributed by atoms with Gasteiger partial charge in [-0.05, 0) is 34.6 Å². The molecule has 0 spiro atoms. The molecule has 7 nitrogen and oxygen atoms in total. The molecule has 1 aromatic heterocycles. The summed E-state index contributed by atoms with van der Waals surface area (Å²) in [6.45, 7) is 14.5. The standard InChI is InChI=1S/C16H31N5O2/c1-6-21-16(23)20(11-17-21)13(3)12(2)18-7-9-19(10-8-18)14(4)15(5)22/h11-15,22H,6-10H2,1-5H3/t12?,13-,14+,15?/m0/s1. The summed E-state index contributed by atoms with van der Waals surface area (Å²) in [5.41, 5.74) is -0.0341. The molecule has 2 rings (SSSR count). The highest BCUT2D eigenvalue weighted by Crippen LogP contribution is 2.18. The molecule has 132 valence electrons. The molecule has 7 heteroatoms. The first-order valence-corrected chi connectivity index (χ1v) is 8.66. The largest absolute Gasteiger partial charge is 0.392 e. The van der Waals surface area contributed by atoms with Crippen LogP contribution in [0.3, 0.4) is 0 Å². The van der Waals surface area contributed by atoms with E-state index in [0.717, 1.165) is 26.2 Å². The summed E-state index contributed by atoms with van der Waals surface area (Å²) in [7, 11) is 0. The molecule has 1 aromatic rings. The maximum Gasteiger partial charge on any atom is 0.345 e. The SMILES string of the molecule is CCn1ncn([C@@H](C)C(C)N2CCN([C@H](C)C(C)O)CC2)c1=O. The Kier molecular flexibility index (Phi) is 6.00. The first-order valence-electron chi connectivity index (χ1n) is 8.66. The van der Waals surface area contributed by atoms with Crippen molar-refractivity contribution in [1.29, 1.82) is 0 Å². The zero-order valence-electron chi connectivity index (χ0n) is 15.0. The van der Waals surface area contributed by atoms with Crippen LogP contribution in [0.4, 0.5) is 0 Å². The van der Waals surface area contributed by atoms with E-state index in [1.54, 1.807) is 10.9 Å². The Bertz CT molecular complexity index is 545. The van der Waals surface area contributed by atoms with Crippen LogP contribution in [0.15, 0.2) is 11.1 Å². The number of aryl methyl sites for hydroxylation is 1. The second-order valence-electron chi connectivity index (χ2n) is 6.67. The van der Waals surface area contributed by atoms with Crippen molar-refractivity contribution in [2.75, 3.05) is 26.2 Å². The Morgan fingerprint density at radius 2 is 1.57 bits per heavy atom. The summed E-state index contributed by atoms with van der Waals surface area (Å²) in [6.07, 6.45) is 1.34. The molecule has 0 aliphatic carbocycles. The molecular formula is C16H31N5O2. The first kappa shape index (κ1) is 18.2. The van der Waals surface area contributed by atoms with Gasteiger partial charge in [0.25, 0.3) is 0 Å². The van der Waals surface area contributed by atoms with E-state index in [9.17, 15) is 9.90 Å². The van der Waals surface area contributed by atoms with Gasteiger partial charge in [-0.15, -0.1) is 0 Å². The molecule has 1 fully saturated rings. The number of aromatic nitrogens is 3. The van der Waals surface area contributed by atoms with E-state index in [2.05, 4.69) is 35.7 Å². The summed E-state index contributed by atoms with van der Waals surface area (Å²) >= 11 is 0. The lowest BCUT2D eigenvalue weighted by atomic mass is 10.1. The van der Waals surface area contributed by atoms with Gasteiger partial charge in [-0.2, -0.15) is 5.10 Å². The fourth-order valence-electron chi connectivity index (χ4n) is 3.24. The maximum atomic E-state index is 12.3. The Hall–Kier alpha value is -1.18. The van der Waals surface area contributed by atoms with Crippen LogP contribution in [0.25, 0.3) is 0 Å². The molecular weight excluding hydrogens is 294 g/mol. The van der Waals surface area contributed by atoms with Crippen LogP contribution >= 0.6 is 0 Å². The van der Waals surface area contributed by atoms with Gasteiger partial charge in [0, 0.05) is 44.8 Å². The van der Waals surface area contributed by atoms with Crippen molar-refractivity contribution in [3.63, 3.8) is 0 Å². The zero-order valence-corrected chi connectivity index (χ0v) is 15.0. The average molecular weight is 325 g/mol. The van der Waals surface area contributed by atoms with Crippen LogP contribution < -0.4 is 5.69 Å². The fourth-order valence-corrected chi connectivity index (χ4v) is 3.24. The molecule has 0 radical (unpaired) electrons. The summed E-state index contributed by atoms with van der Waals surface area (Å²) in [4.78, 5) is 17.0. The highest BCUT2D eigenvalue weighted by Gasteiger charge is 2.29. The third-order valence-corrected chi connectivity index (χ3v) is 5.39. The Morgan fingerprint density at radius 1 is 1.04 bits per heavy atom. The van der Waals surface area contributed by atoms with Gasteiger partial charge in [0.2, 0.25) is 0 Å². The molecule has 1 N–H and O–H groups in total. The van der Waals surface area contributed by atoms with Gasteiger partial charge in [0.05, 0.1) is 12.1 Å². The van der Waals surface area contributed by atoms with E-state index in [4.69, 9.17) is 0 Å². The Morgan fingerprint density at radius 3 is 2.00 bits per heavy atom. The van der Waals surface area contributed by atoms with E-state index >= 15 is 0 Å². The van der Waals surface area contributed by atoms with Gasteiger partial charge < -0.3 is 5.11 Å². The second-order valence-corrected chi connectivity index (χ2v) is 6.67. The number of rotatable bonds is 6. The van der Waals surface area contributed by atoms with E-state index < -0.39 is 0 Å². The summed E-state index contributed by atoms with van der Waals surface area (Å²) in [5, 5.41) is 13.9. The van der Waals surface area contributed by atoms with Gasteiger partial charge in [-0.1, -0.05) is 0 Å². The number of piperazine rings is 1. The lowest BCUT2D eigenvalue weighted by molar-refractivity contribution is 0.0192. The minimum absolute atomic E-state index is 0.0341. The molecule has 23 heavy (non-hydrogen) atoms. The molecule has 2 unspecified atom stereocenters. The topological polar surface area (TPSA) is 66.5 Å². The van der Waals surface area contributed by atoms with E-state index in [1.807, 2.05) is 13.8 Å². The molecule has 0 bridgehead atoms. The number of hydrogen-bond acceptors (Lipinski definition) is 5. The maximum absolute atomic E-state index is 12.3. The predicted octanol–water partition coefficient (Wildman–Crippen LogP) is 0.401. The van der Waals surface area contributed by atoms with Gasteiger partial charge in [-0.25, -0.2) is 9.48 Å². The quantitative estimate of drug-likeness (QED) is 0.820. The molecule has 0 aromatic carbocycles. The van der Waals surface area contributed by atoms with Crippen molar-refractivity contribution >= 4 is 0 Å². The number of nitrogens with zero attached hydrogens (tertiary/aromatic N) is 5. The first-order chi connectivity index (χ1) is 10.9. The smallest absolute Gasteiger partial charge is 0.345 e. The van der Waals surface area contributed by atoms with Crippen molar-refractivity contribution in [2.45, 2.75) is 65.4 Å². The van der Waals surface area contributed by atoms with Gasteiger partial charge in [0.1, 0.15) is 6.33 Å². The molecule has 0 amide bonds. The normalized spacial score (nSPS) is 22.7. The molecule has 0 saturated carbocycles. The predicted molar refractivity (Wildman–Crippen MR) is 90.6 cm³/mol. The molecule has 4 atom stereocenters. The highest BCUT2D eigenvalue weighted by atomic mass is 16.3. The fraction of sp³-hybridized carbons (Fsp3) is 0.875. The van der Waals surface area contributed by atoms with E-state index in [-0.39, 0.29) is 29.9 Å². The Labute approximate surface area is 138 Å². The van der Waals surface area contributed by atoms with Crippen LogP contribution in [0.1, 0.15) is 40.7 Å². The summed E-state index contributed by atoms with van der Waals surface area (Å²) in [5.74, 6) is 0. The van der Waals surface area contributed by atoms with Crippen LogP contribution in [0, 0.1) is 0 Å². The summed E-state index contributed by atoms with van der Waals surface area (Å²) < 4.78 is 3.23. The van der Waals surface area contributed by atoms with Crippen molar-refractivity contribution in [3.8, 4) is 0 Å². The van der Waals surface area contributed by atoms with Crippen molar-refractivity contribution in [2.24, 2.45) is 0 Å². The van der Waals surface area contributed by atoms with Crippen molar-refractivity contribution in [3.05, 3.63) is 16.8 Å². The number of aliphatic hydroxyl groups excluding tert-OH is 1. The van der Waals surface area contributed by atoms with Crippen molar-refractivity contribution < 1.29 is 5.11 Å². The monoisotopic (exact) mass is 325 g/mol. The third kappa shape index (κ3) is 3.84. The minimum Gasteiger partial charge on any atom is -0.392 e. The van der Waals surface area contributed by atoms with Crippen LogP contribution in [0.5, 0.6) is 0 Å².